The van der Waals surface area contributed by atoms with Gasteiger partial charge in [-0.15, -0.1) is 0 Å². The van der Waals surface area contributed by atoms with Crippen molar-refractivity contribution in [2.45, 2.75) is 31.9 Å². The van der Waals surface area contributed by atoms with Crippen LogP contribution < -0.4 is 10.6 Å². The van der Waals surface area contributed by atoms with Crippen LogP contribution in [0.15, 0.2) is 36.7 Å². The number of benzene rings is 1. The highest BCUT2D eigenvalue weighted by atomic mass is 19.1. The number of aromatic nitrogens is 2. The van der Waals surface area contributed by atoms with Crippen molar-refractivity contribution >= 4 is 17.3 Å². The van der Waals surface area contributed by atoms with Gasteiger partial charge in [0.25, 0.3) is 0 Å². The number of amides is 1. The molecule has 0 radical (unpaired) electrons. The fourth-order valence-electron chi connectivity index (χ4n) is 2.64. The van der Waals surface area contributed by atoms with Crippen molar-refractivity contribution in [1.29, 1.82) is 0 Å². The molecule has 0 unspecified atom stereocenters. The third-order valence-corrected chi connectivity index (χ3v) is 4.08. The van der Waals surface area contributed by atoms with Crippen LogP contribution in [0.2, 0.25) is 0 Å². The van der Waals surface area contributed by atoms with Crippen LogP contribution in [0.3, 0.4) is 0 Å². The van der Waals surface area contributed by atoms with Gasteiger partial charge in [-0.05, 0) is 44.0 Å². The first-order chi connectivity index (χ1) is 11.6. The molecule has 1 aliphatic heterocycles. The summed E-state index contributed by atoms with van der Waals surface area (Å²) in [4.78, 5) is 12.2. The molecular formula is C17H21FN4O2. The second-order valence-electron chi connectivity index (χ2n) is 5.86. The van der Waals surface area contributed by atoms with Gasteiger partial charge in [0.2, 0.25) is 5.91 Å². The maximum atomic E-state index is 14.2. The summed E-state index contributed by atoms with van der Waals surface area (Å²) in [6.45, 7) is 3.09. The Balaban J connectivity index is 1.58. The number of hydrogen-bond acceptors (Lipinski definition) is 4. The average molecular weight is 332 g/mol. The Morgan fingerprint density at radius 2 is 2.42 bits per heavy atom. The van der Waals surface area contributed by atoms with Gasteiger partial charge in [0.1, 0.15) is 11.9 Å². The topological polar surface area (TPSA) is 68.2 Å². The monoisotopic (exact) mass is 332 g/mol. The number of carbonyl (C=O) groups is 1. The van der Waals surface area contributed by atoms with Crippen LogP contribution in [-0.2, 0) is 9.53 Å². The van der Waals surface area contributed by atoms with Gasteiger partial charge in [0, 0.05) is 31.2 Å². The van der Waals surface area contributed by atoms with Crippen LogP contribution in [0.25, 0.3) is 0 Å². The Morgan fingerprint density at radius 3 is 3.08 bits per heavy atom. The Morgan fingerprint density at radius 1 is 1.54 bits per heavy atom. The first kappa shape index (κ1) is 16.4. The lowest BCUT2D eigenvalue weighted by atomic mass is 10.2. The number of anilines is 2. The predicted molar refractivity (Wildman–Crippen MR) is 89.4 cm³/mol. The lowest BCUT2D eigenvalue weighted by molar-refractivity contribution is -0.119. The SMILES string of the molecule is C[C@H](C(=O)Nc1ccc(NC[C@@H]2CCCO2)c(F)c1)n1cccn1. The summed E-state index contributed by atoms with van der Waals surface area (Å²) in [5.74, 6) is -0.657. The summed E-state index contributed by atoms with van der Waals surface area (Å²) in [6, 6.07) is 5.89. The van der Waals surface area contributed by atoms with Gasteiger partial charge in [-0.25, -0.2) is 4.39 Å². The number of ether oxygens (including phenoxy) is 1. The van der Waals surface area contributed by atoms with E-state index >= 15 is 0 Å². The lowest BCUT2D eigenvalue weighted by Crippen LogP contribution is -2.24. The highest BCUT2D eigenvalue weighted by Crippen LogP contribution is 2.21. The zero-order valence-corrected chi connectivity index (χ0v) is 13.5. The molecule has 1 fully saturated rings. The van der Waals surface area contributed by atoms with Crippen molar-refractivity contribution in [3.63, 3.8) is 0 Å². The van der Waals surface area contributed by atoms with Crippen molar-refractivity contribution in [2.24, 2.45) is 0 Å². The standard InChI is InChI=1S/C17H21FN4O2/c1-12(22-8-3-7-20-22)17(23)21-13-5-6-16(15(18)10-13)19-11-14-4-2-9-24-14/h3,5-8,10,12,14,19H,2,4,9,11H2,1H3,(H,21,23)/t12-,14+/m1/s1. The van der Waals surface area contributed by atoms with Gasteiger partial charge in [-0.3, -0.25) is 9.48 Å². The third kappa shape index (κ3) is 3.91. The molecule has 1 aromatic carbocycles. The van der Waals surface area contributed by atoms with Crippen molar-refractivity contribution in [2.75, 3.05) is 23.8 Å². The molecule has 2 heterocycles. The summed E-state index contributed by atoms with van der Waals surface area (Å²) < 4.78 is 21.2. The first-order valence-electron chi connectivity index (χ1n) is 8.08. The van der Waals surface area contributed by atoms with Gasteiger partial charge in [-0.2, -0.15) is 5.10 Å². The number of hydrogen-bond donors (Lipinski definition) is 2. The number of nitrogens with zero attached hydrogens (tertiary/aromatic N) is 2. The van der Waals surface area contributed by atoms with Crippen LogP contribution in [0, 0.1) is 5.82 Å². The molecule has 7 heteroatoms. The van der Waals surface area contributed by atoms with E-state index in [9.17, 15) is 9.18 Å². The second kappa shape index (κ2) is 7.44. The number of carbonyl (C=O) groups excluding carboxylic acids is 1. The maximum absolute atomic E-state index is 14.2. The molecule has 1 saturated heterocycles. The molecule has 0 spiro atoms. The Hall–Kier alpha value is -2.41. The van der Waals surface area contributed by atoms with Crippen molar-refractivity contribution in [3.8, 4) is 0 Å². The quantitative estimate of drug-likeness (QED) is 0.853. The van der Waals surface area contributed by atoms with Crippen molar-refractivity contribution < 1.29 is 13.9 Å². The Kier molecular flexibility index (Phi) is 5.10. The minimum absolute atomic E-state index is 0.138. The van der Waals surface area contributed by atoms with E-state index in [2.05, 4.69) is 15.7 Å². The highest BCUT2D eigenvalue weighted by Gasteiger charge is 2.17. The normalized spacial score (nSPS) is 18.3. The van der Waals surface area contributed by atoms with Gasteiger partial charge in [0.15, 0.2) is 0 Å². The molecular weight excluding hydrogens is 311 g/mol. The van der Waals surface area contributed by atoms with Crippen molar-refractivity contribution in [1.82, 2.24) is 9.78 Å². The lowest BCUT2D eigenvalue weighted by Gasteiger charge is -2.15. The molecule has 6 nitrogen and oxygen atoms in total. The molecule has 0 bridgehead atoms. The Bertz CT molecular complexity index is 684. The van der Waals surface area contributed by atoms with Crippen molar-refractivity contribution in [3.05, 3.63) is 42.5 Å². The number of rotatable bonds is 6. The van der Waals surface area contributed by atoms with E-state index in [1.807, 2.05) is 0 Å². The third-order valence-electron chi connectivity index (χ3n) is 4.08. The molecule has 24 heavy (non-hydrogen) atoms. The predicted octanol–water partition coefficient (Wildman–Crippen LogP) is 2.81. The maximum Gasteiger partial charge on any atom is 0.248 e. The molecule has 1 aromatic heterocycles. The van der Waals surface area contributed by atoms with Gasteiger partial charge in [0.05, 0.1) is 11.8 Å². The van der Waals surface area contributed by atoms with Crippen LogP contribution in [-0.4, -0.2) is 34.9 Å². The van der Waals surface area contributed by atoms with Gasteiger partial charge >= 0.3 is 0 Å². The van der Waals surface area contributed by atoms with Crippen LogP contribution in [0.5, 0.6) is 0 Å². The molecule has 2 aromatic rings. The minimum Gasteiger partial charge on any atom is -0.380 e. The number of nitrogens with one attached hydrogen (secondary N) is 2. The van der Waals surface area contributed by atoms with Crippen LogP contribution in [0.4, 0.5) is 15.8 Å². The smallest absolute Gasteiger partial charge is 0.248 e. The number of halogens is 1. The zero-order chi connectivity index (χ0) is 16.9. The summed E-state index contributed by atoms with van der Waals surface area (Å²) in [6.07, 6.45) is 5.50. The first-order valence-corrected chi connectivity index (χ1v) is 8.08. The molecule has 128 valence electrons. The molecule has 2 N–H and O–H groups in total. The van der Waals surface area contributed by atoms with E-state index in [4.69, 9.17) is 4.74 Å². The average Bonchev–Trinajstić information content (AvgIpc) is 3.27. The van der Waals surface area contributed by atoms with Crippen LogP contribution >= 0.6 is 0 Å². The Labute approximate surface area is 140 Å². The summed E-state index contributed by atoms with van der Waals surface area (Å²) in [5, 5.41) is 9.79. The van der Waals surface area contributed by atoms with Gasteiger partial charge in [-0.1, -0.05) is 0 Å². The fraction of sp³-hybridized carbons (Fsp3) is 0.412. The van der Waals surface area contributed by atoms with E-state index in [1.165, 1.54) is 6.07 Å². The van der Waals surface area contributed by atoms with E-state index < -0.39 is 11.9 Å². The minimum atomic E-state index is -0.472. The second-order valence-corrected chi connectivity index (χ2v) is 5.86. The zero-order valence-electron chi connectivity index (χ0n) is 13.5. The highest BCUT2D eigenvalue weighted by molar-refractivity contribution is 5.93. The molecule has 0 saturated carbocycles. The van der Waals surface area contributed by atoms with E-state index in [-0.39, 0.29) is 12.0 Å². The molecule has 3 rings (SSSR count). The molecule has 1 amide bonds. The van der Waals surface area contributed by atoms with Gasteiger partial charge < -0.3 is 15.4 Å². The molecule has 0 aliphatic carbocycles. The fourth-order valence-corrected chi connectivity index (χ4v) is 2.64. The summed E-state index contributed by atoms with van der Waals surface area (Å²) in [7, 11) is 0. The van der Waals surface area contributed by atoms with Crippen LogP contribution in [0.1, 0.15) is 25.8 Å². The summed E-state index contributed by atoms with van der Waals surface area (Å²) in [5.41, 5.74) is 0.822. The molecule has 1 aliphatic rings. The van der Waals surface area contributed by atoms with E-state index in [0.717, 1.165) is 19.4 Å². The summed E-state index contributed by atoms with van der Waals surface area (Å²) >= 11 is 0. The molecule has 2 atom stereocenters. The van der Waals surface area contributed by atoms with E-state index in [0.29, 0.717) is 17.9 Å². The van der Waals surface area contributed by atoms with E-state index in [1.54, 1.807) is 42.2 Å². The largest absolute Gasteiger partial charge is 0.380 e.